The van der Waals surface area contributed by atoms with Gasteiger partial charge in [-0.3, -0.25) is 4.79 Å². The largest absolute Gasteiger partial charge is 0.497 e. The van der Waals surface area contributed by atoms with Crippen molar-refractivity contribution in [3.63, 3.8) is 0 Å². The first kappa shape index (κ1) is 18.1. The zero-order valence-corrected chi connectivity index (χ0v) is 16.0. The van der Waals surface area contributed by atoms with E-state index in [4.69, 9.17) is 9.47 Å². The van der Waals surface area contributed by atoms with Gasteiger partial charge in [0, 0.05) is 44.9 Å². The van der Waals surface area contributed by atoms with Crippen LogP contribution < -0.4 is 4.74 Å². The molecular formula is C20H27N3O4. The molecule has 0 saturated carbocycles. The lowest BCUT2D eigenvalue weighted by atomic mass is 9.92. The Labute approximate surface area is 159 Å². The second kappa shape index (κ2) is 7.03. The van der Waals surface area contributed by atoms with Crippen LogP contribution in [0.5, 0.6) is 5.75 Å². The van der Waals surface area contributed by atoms with E-state index >= 15 is 0 Å². The standard InChI is InChI=1S/C20H27N3O4/c1-21-13-20(9-12-27-14-20)23(19(21)25)16-7-10-22(11-8-16)18(24)15-3-5-17(26-2)6-4-15/h3-6,16H,7-14H2,1-2H3. The molecule has 0 bridgehead atoms. The summed E-state index contributed by atoms with van der Waals surface area (Å²) < 4.78 is 10.8. The minimum atomic E-state index is -0.182. The van der Waals surface area contributed by atoms with Crippen LogP contribution >= 0.6 is 0 Å². The highest BCUT2D eigenvalue weighted by Gasteiger charge is 2.53. The highest BCUT2D eigenvalue weighted by Crippen LogP contribution is 2.37. The fraction of sp³-hybridized carbons (Fsp3) is 0.600. The molecule has 3 heterocycles. The van der Waals surface area contributed by atoms with Gasteiger partial charge in [-0.25, -0.2) is 4.79 Å². The number of rotatable bonds is 3. The number of likely N-dealkylation sites (tertiary alicyclic amines) is 1. The smallest absolute Gasteiger partial charge is 0.320 e. The van der Waals surface area contributed by atoms with Crippen LogP contribution in [0.1, 0.15) is 29.6 Å². The highest BCUT2D eigenvalue weighted by molar-refractivity contribution is 5.94. The Hall–Kier alpha value is -2.28. The number of carbonyl (C=O) groups excluding carboxylic acids is 2. The van der Waals surface area contributed by atoms with Crippen LogP contribution in [0.15, 0.2) is 24.3 Å². The first-order valence-electron chi connectivity index (χ1n) is 9.60. The second-order valence-corrected chi connectivity index (χ2v) is 7.79. The van der Waals surface area contributed by atoms with E-state index in [0.29, 0.717) is 31.9 Å². The summed E-state index contributed by atoms with van der Waals surface area (Å²) in [6.07, 6.45) is 2.51. The van der Waals surface area contributed by atoms with Crippen molar-refractivity contribution in [2.75, 3.05) is 47.0 Å². The Morgan fingerprint density at radius 1 is 1.22 bits per heavy atom. The molecule has 3 aliphatic heterocycles. The lowest BCUT2D eigenvalue weighted by Crippen LogP contribution is -2.56. The summed E-state index contributed by atoms with van der Waals surface area (Å²) in [7, 11) is 3.48. The van der Waals surface area contributed by atoms with E-state index in [-0.39, 0.29) is 23.5 Å². The number of ether oxygens (including phenoxy) is 2. The average molecular weight is 373 g/mol. The summed E-state index contributed by atoms with van der Waals surface area (Å²) >= 11 is 0. The van der Waals surface area contributed by atoms with Crippen LogP contribution in [0.4, 0.5) is 4.79 Å². The van der Waals surface area contributed by atoms with E-state index in [1.807, 2.05) is 29.0 Å². The van der Waals surface area contributed by atoms with Crippen LogP contribution in [0.3, 0.4) is 0 Å². The van der Waals surface area contributed by atoms with Crippen molar-refractivity contribution in [2.45, 2.75) is 30.8 Å². The predicted octanol–water partition coefficient (Wildman–Crippen LogP) is 1.83. The van der Waals surface area contributed by atoms with Crippen molar-refractivity contribution in [1.29, 1.82) is 0 Å². The summed E-state index contributed by atoms with van der Waals surface area (Å²) in [5.41, 5.74) is 0.491. The van der Waals surface area contributed by atoms with Gasteiger partial charge in [0.15, 0.2) is 0 Å². The predicted molar refractivity (Wildman–Crippen MR) is 100.0 cm³/mol. The van der Waals surface area contributed by atoms with Gasteiger partial charge in [0.25, 0.3) is 5.91 Å². The van der Waals surface area contributed by atoms with E-state index in [9.17, 15) is 9.59 Å². The monoisotopic (exact) mass is 373 g/mol. The number of amides is 3. The molecule has 146 valence electrons. The molecule has 7 nitrogen and oxygen atoms in total. The number of methoxy groups -OCH3 is 1. The van der Waals surface area contributed by atoms with Crippen molar-refractivity contribution in [2.24, 2.45) is 0 Å². The summed E-state index contributed by atoms with van der Waals surface area (Å²) in [6.45, 7) is 3.40. The first-order valence-corrected chi connectivity index (χ1v) is 9.60. The number of piperidine rings is 1. The van der Waals surface area contributed by atoms with E-state index in [0.717, 1.165) is 31.6 Å². The van der Waals surface area contributed by atoms with Crippen molar-refractivity contribution in [1.82, 2.24) is 14.7 Å². The van der Waals surface area contributed by atoms with Crippen LogP contribution in [-0.2, 0) is 4.74 Å². The van der Waals surface area contributed by atoms with Crippen molar-refractivity contribution >= 4 is 11.9 Å². The quantitative estimate of drug-likeness (QED) is 0.811. The molecule has 1 aromatic rings. The Kier molecular flexibility index (Phi) is 4.72. The molecule has 7 heteroatoms. The molecule has 0 N–H and O–H groups in total. The minimum Gasteiger partial charge on any atom is -0.497 e. The van der Waals surface area contributed by atoms with Crippen LogP contribution in [0.25, 0.3) is 0 Å². The molecule has 0 radical (unpaired) electrons. The van der Waals surface area contributed by atoms with Crippen molar-refractivity contribution in [3.8, 4) is 5.75 Å². The SMILES string of the molecule is COc1ccc(C(=O)N2CCC(N3C(=O)N(C)CC34CCOC4)CC2)cc1. The molecule has 1 spiro atoms. The molecule has 3 amide bonds. The fourth-order valence-electron chi connectivity index (χ4n) is 4.67. The van der Waals surface area contributed by atoms with Crippen LogP contribution in [0.2, 0.25) is 0 Å². The van der Waals surface area contributed by atoms with E-state index in [1.165, 1.54) is 0 Å². The van der Waals surface area contributed by atoms with E-state index in [2.05, 4.69) is 4.90 Å². The molecule has 4 rings (SSSR count). The Morgan fingerprint density at radius 3 is 2.52 bits per heavy atom. The van der Waals surface area contributed by atoms with Crippen molar-refractivity contribution < 1.29 is 19.1 Å². The topological polar surface area (TPSA) is 62.3 Å². The molecule has 27 heavy (non-hydrogen) atoms. The zero-order valence-electron chi connectivity index (χ0n) is 16.0. The molecule has 3 aliphatic rings. The summed E-state index contributed by atoms with van der Waals surface area (Å²) in [5.74, 6) is 0.783. The van der Waals surface area contributed by atoms with Gasteiger partial charge in [-0.1, -0.05) is 0 Å². The zero-order chi connectivity index (χ0) is 19.0. The molecule has 0 aliphatic carbocycles. The third-order valence-electron chi connectivity index (χ3n) is 6.11. The number of nitrogens with zero attached hydrogens (tertiary/aromatic N) is 3. The molecule has 1 unspecified atom stereocenters. The lowest BCUT2D eigenvalue weighted by molar-refractivity contribution is 0.0498. The molecule has 3 saturated heterocycles. The fourth-order valence-corrected chi connectivity index (χ4v) is 4.67. The maximum Gasteiger partial charge on any atom is 0.320 e. The second-order valence-electron chi connectivity index (χ2n) is 7.79. The van der Waals surface area contributed by atoms with Gasteiger partial charge in [0.05, 0.1) is 19.3 Å². The lowest BCUT2D eigenvalue weighted by Gasteiger charge is -2.42. The van der Waals surface area contributed by atoms with Gasteiger partial charge in [0.2, 0.25) is 0 Å². The van der Waals surface area contributed by atoms with E-state index in [1.54, 1.807) is 19.2 Å². The first-order chi connectivity index (χ1) is 13.0. The number of hydrogen-bond donors (Lipinski definition) is 0. The number of urea groups is 1. The maximum atomic E-state index is 12.8. The summed E-state index contributed by atoms with van der Waals surface area (Å²) in [4.78, 5) is 31.3. The van der Waals surface area contributed by atoms with E-state index < -0.39 is 0 Å². The van der Waals surface area contributed by atoms with Gasteiger partial charge in [0.1, 0.15) is 5.75 Å². The molecule has 3 fully saturated rings. The van der Waals surface area contributed by atoms with Crippen LogP contribution in [0, 0.1) is 0 Å². The number of carbonyl (C=O) groups is 2. The third-order valence-corrected chi connectivity index (χ3v) is 6.11. The molecule has 0 aromatic heterocycles. The number of hydrogen-bond acceptors (Lipinski definition) is 4. The maximum absolute atomic E-state index is 12.8. The van der Waals surface area contributed by atoms with Gasteiger partial charge in [-0.15, -0.1) is 0 Å². The van der Waals surface area contributed by atoms with Gasteiger partial charge in [-0.05, 0) is 43.5 Å². The molecular weight excluding hydrogens is 346 g/mol. The number of benzene rings is 1. The van der Waals surface area contributed by atoms with Crippen LogP contribution in [-0.4, -0.2) is 85.2 Å². The van der Waals surface area contributed by atoms with Crippen molar-refractivity contribution in [3.05, 3.63) is 29.8 Å². The Morgan fingerprint density at radius 2 is 1.93 bits per heavy atom. The highest BCUT2D eigenvalue weighted by atomic mass is 16.5. The van der Waals surface area contributed by atoms with Gasteiger partial charge < -0.3 is 24.2 Å². The average Bonchev–Trinajstić information content (AvgIpc) is 3.26. The minimum absolute atomic E-state index is 0.0416. The Bertz CT molecular complexity index is 706. The van der Waals surface area contributed by atoms with Gasteiger partial charge >= 0.3 is 6.03 Å². The molecule has 1 aromatic carbocycles. The number of likely N-dealkylation sites (N-methyl/N-ethyl adjacent to an activating group) is 1. The Balaban J connectivity index is 1.42. The molecule has 1 atom stereocenters. The normalized spacial score (nSPS) is 26.3. The summed E-state index contributed by atoms with van der Waals surface area (Å²) in [6, 6.07) is 7.49. The van der Waals surface area contributed by atoms with Gasteiger partial charge in [-0.2, -0.15) is 0 Å². The third kappa shape index (κ3) is 3.14. The summed E-state index contributed by atoms with van der Waals surface area (Å²) in [5, 5.41) is 0.